The van der Waals surface area contributed by atoms with Crippen LogP contribution in [0.2, 0.25) is 0 Å². The van der Waals surface area contributed by atoms with Crippen LogP contribution in [0.25, 0.3) is 11.1 Å². The number of amides is 2. The van der Waals surface area contributed by atoms with Crippen molar-refractivity contribution in [1.29, 1.82) is 0 Å². The van der Waals surface area contributed by atoms with Crippen molar-refractivity contribution in [3.63, 3.8) is 0 Å². The molecular weight excluding hydrogens is 501 g/mol. The summed E-state index contributed by atoms with van der Waals surface area (Å²) in [5.41, 5.74) is 5.02. The maximum atomic E-state index is 13.2. The van der Waals surface area contributed by atoms with Crippen molar-refractivity contribution in [1.82, 2.24) is 30.6 Å². The van der Waals surface area contributed by atoms with Gasteiger partial charge in [-0.05, 0) is 56.9 Å². The predicted octanol–water partition coefficient (Wildman–Crippen LogP) is 3.82. The van der Waals surface area contributed by atoms with Gasteiger partial charge in [-0.2, -0.15) is 10.2 Å². The van der Waals surface area contributed by atoms with E-state index in [4.69, 9.17) is 23.2 Å². The predicted molar refractivity (Wildman–Crippen MR) is 141 cm³/mol. The highest BCUT2D eigenvalue weighted by atomic mass is 35.5. The zero-order valence-corrected chi connectivity index (χ0v) is 21.9. The summed E-state index contributed by atoms with van der Waals surface area (Å²) in [6, 6.07) is 8.47. The number of aromatic nitrogens is 4. The molecule has 1 aliphatic heterocycles. The molecule has 2 aromatic heterocycles. The van der Waals surface area contributed by atoms with E-state index in [1.807, 2.05) is 38.1 Å². The Morgan fingerprint density at radius 2 is 1.89 bits per heavy atom. The van der Waals surface area contributed by atoms with Crippen LogP contribution in [-0.2, 0) is 11.3 Å². The van der Waals surface area contributed by atoms with Crippen molar-refractivity contribution >= 4 is 40.7 Å². The van der Waals surface area contributed by atoms with Crippen molar-refractivity contribution < 1.29 is 9.59 Å². The number of aryl methyl sites for hydroxylation is 2. The second-order valence-corrected chi connectivity index (χ2v) is 10.4. The molecule has 3 heterocycles. The van der Waals surface area contributed by atoms with Gasteiger partial charge in [0.05, 0.1) is 5.69 Å². The Morgan fingerprint density at radius 3 is 2.50 bits per heavy atom. The lowest BCUT2D eigenvalue weighted by molar-refractivity contribution is -0.118. The molecular formula is C25H31Cl2N7O2. The smallest absolute Gasteiger partial charge is 0.270 e. The summed E-state index contributed by atoms with van der Waals surface area (Å²) < 4.78 is 1.70. The van der Waals surface area contributed by atoms with Crippen LogP contribution < -0.4 is 16.0 Å². The lowest BCUT2D eigenvalue weighted by Gasteiger charge is -2.27. The van der Waals surface area contributed by atoms with Gasteiger partial charge in [0.15, 0.2) is 0 Å². The quantitative estimate of drug-likeness (QED) is 0.280. The van der Waals surface area contributed by atoms with Crippen molar-refractivity contribution in [3.05, 3.63) is 53.6 Å². The van der Waals surface area contributed by atoms with Crippen LogP contribution in [0, 0.1) is 19.8 Å². The van der Waals surface area contributed by atoms with E-state index in [9.17, 15) is 9.59 Å². The summed E-state index contributed by atoms with van der Waals surface area (Å²) in [5, 5.41) is 20.6. The molecule has 1 aliphatic rings. The Labute approximate surface area is 220 Å². The van der Waals surface area contributed by atoms with E-state index in [0.29, 0.717) is 43.1 Å². The summed E-state index contributed by atoms with van der Waals surface area (Å²) >= 11 is 11.8. The number of benzene rings is 1. The minimum absolute atomic E-state index is 0.304. The monoisotopic (exact) mass is 531 g/mol. The number of nitrogens with zero attached hydrogens (tertiary/aromatic N) is 3. The summed E-state index contributed by atoms with van der Waals surface area (Å²) in [7, 11) is 0. The third-order valence-electron chi connectivity index (χ3n) is 6.35. The molecule has 11 heteroatoms. The Balaban J connectivity index is 1.44. The number of halogens is 2. The van der Waals surface area contributed by atoms with E-state index in [-0.39, 0.29) is 11.8 Å². The van der Waals surface area contributed by atoms with E-state index < -0.39 is 10.9 Å². The van der Waals surface area contributed by atoms with Crippen LogP contribution in [0.4, 0.5) is 5.69 Å². The van der Waals surface area contributed by atoms with Gasteiger partial charge in [0.2, 0.25) is 5.91 Å². The van der Waals surface area contributed by atoms with Gasteiger partial charge in [-0.1, -0.05) is 12.1 Å². The first-order chi connectivity index (χ1) is 17.3. The van der Waals surface area contributed by atoms with Crippen molar-refractivity contribution in [2.75, 3.05) is 18.4 Å². The van der Waals surface area contributed by atoms with E-state index in [0.717, 1.165) is 35.6 Å². The number of aromatic amines is 1. The molecule has 2 amide bonds. The van der Waals surface area contributed by atoms with E-state index in [2.05, 4.69) is 31.2 Å². The zero-order valence-electron chi connectivity index (χ0n) is 20.4. The molecule has 4 rings (SSSR count). The highest BCUT2D eigenvalue weighted by Crippen LogP contribution is 2.26. The highest BCUT2D eigenvalue weighted by Gasteiger charge is 2.25. The molecule has 0 radical (unpaired) electrons. The molecule has 0 spiro atoms. The number of anilines is 1. The summed E-state index contributed by atoms with van der Waals surface area (Å²) in [5.74, 6) is -0.200. The Bertz CT molecular complexity index is 1170. The maximum Gasteiger partial charge on any atom is 0.270 e. The molecule has 192 valence electrons. The Morgan fingerprint density at radius 1 is 1.14 bits per heavy atom. The molecule has 1 fully saturated rings. The summed E-state index contributed by atoms with van der Waals surface area (Å²) in [4.78, 5) is 25.8. The second kappa shape index (κ2) is 11.9. The zero-order chi connectivity index (χ0) is 25.7. The third-order valence-corrected chi connectivity index (χ3v) is 6.79. The normalized spacial score (nSPS) is 14.5. The molecule has 0 bridgehead atoms. The van der Waals surface area contributed by atoms with Gasteiger partial charge < -0.3 is 16.0 Å². The number of carbonyl (C=O) groups excluding carboxylic acids is 2. The number of rotatable bonds is 11. The SMILES string of the molecule is Cc1n[nH]c(C)c1-c1ccc(NC(=O)[C@H](CCCC(Cl)Cl)NC(=O)c2ccnn2CC2CNC2)cc1. The van der Waals surface area contributed by atoms with Crippen LogP contribution >= 0.6 is 23.2 Å². The first kappa shape index (κ1) is 26.2. The number of carbonyl (C=O) groups is 2. The van der Waals surface area contributed by atoms with Crippen LogP contribution in [0.15, 0.2) is 36.5 Å². The Kier molecular flexibility index (Phi) is 8.66. The van der Waals surface area contributed by atoms with E-state index >= 15 is 0 Å². The molecule has 0 saturated carbocycles. The fraction of sp³-hybridized carbons (Fsp3) is 0.440. The average Bonchev–Trinajstić information content (AvgIpc) is 3.42. The largest absolute Gasteiger partial charge is 0.339 e. The lowest BCUT2D eigenvalue weighted by Crippen LogP contribution is -2.46. The summed E-state index contributed by atoms with van der Waals surface area (Å²) in [6.45, 7) is 6.38. The van der Waals surface area contributed by atoms with E-state index in [1.165, 1.54) is 0 Å². The van der Waals surface area contributed by atoms with E-state index in [1.54, 1.807) is 16.9 Å². The average molecular weight is 532 g/mol. The number of hydrogen-bond acceptors (Lipinski definition) is 5. The minimum Gasteiger partial charge on any atom is -0.339 e. The molecule has 4 N–H and O–H groups in total. The first-order valence-electron chi connectivity index (χ1n) is 12.1. The van der Waals surface area contributed by atoms with Crippen LogP contribution in [0.1, 0.15) is 41.1 Å². The molecule has 9 nitrogen and oxygen atoms in total. The van der Waals surface area contributed by atoms with Crippen LogP contribution in [0.3, 0.4) is 0 Å². The molecule has 1 aromatic carbocycles. The standard InChI is InChI=1S/C25H31Cl2N7O2/c1-15-23(16(2)33-32-15)18-6-8-19(9-7-18)30-24(35)20(4-3-5-22(26)27)31-25(36)21-10-11-29-34(21)14-17-12-28-13-17/h6-11,17,20,22,28H,3-5,12-14H2,1-2H3,(H,30,35)(H,31,36)(H,32,33)/t20-/m0/s1. The van der Waals surface area contributed by atoms with Gasteiger partial charge >= 0.3 is 0 Å². The van der Waals surface area contributed by atoms with Gasteiger partial charge in [0.1, 0.15) is 16.6 Å². The number of hydrogen-bond donors (Lipinski definition) is 4. The Hall–Kier alpha value is -2.88. The molecule has 0 unspecified atom stereocenters. The molecule has 1 atom stereocenters. The number of nitrogens with one attached hydrogen (secondary N) is 4. The molecule has 36 heavy (non-hydrogen) atoms. The van der Waals surface area contributed by atoms with Gasteiger partial charge in [-0.3, -0.25) is 19.4 Å². The number of H-pyrrole nitrogens is 1. The maximum absolute atomic E-state index is 13.2. The topological polar surface area (TPSA) is 117 Å². The molecule has 3 aromatic rings. The molecule has 0 aliphatic carbocycles. The minimum atomic E-state index is -0.753. The number of alkyl halides is 2. The van der Waals surface area contributed by atoms with Crippen molar-refractivity contribution in [3.8, 4) is 11.1 Å². The van der Waals surface area contributed by atoms with Crippen LogP contribution in [0.5, 0.6) is 0 Å². The fourth-order valence-electron chi connectivity index (χ4n) is 4.30. The van der Waals surface area contributed by atoms with Gasteiger partial charge in [-0.25, -0.2) is 0 Å². The second-order valence-electron chi connectivity index (χ2n) is 9.15. The highest BCUT2D eigenvalue weighted by molar-refractivity contribution is 6.44. The van der Waals surface area contributed by atoms with Crippen molar-refractivity contribution in [2.24, 2.45) is 5.92 Å². The van der Waals surface area contributed by atoms with Crippen LogP contribution in [-0.4, -0.2) is 55.8 Å². The fourth-order valence-corrected chi connectivity index (χ4v) is 4.60. The lowest BCUT2D eigenvalue weighted by atomic mass is 10.0. The molecule has 1 saturated heterocycles. The summed E-state index contributed by atoms with van der Waals surface area (Å²) in [6.07, 6.45) is 3.11. The van der Waals surface area contributed by atoms with Gasteiger partial charge in [-0.15, -0.1) is 23.2 Å². The van der Waals surface area contributed by atoms with Crippen molar-refractivity contribution in [2.45, 2.75) is 50.5 Å². The van der Waals surface area contributed by atoms with Gasteiger partial charge in [0.25, 0.3) is 5.91 Å². The first-order valence-corrected chi connectivity index (χ1v) is 12.9. The van der Waals surface area contributed by atoms with Gasteiger partial charge in [0, 0.05) is 48.7 Å². The third kappa shape index (κ3) is 6.46.